The molecule has 0 radical (unpaired) electrons. The Hall–Kier alpha value is -2.08. The molecule has 138 valence electrons. The predicted molar refractivity (Wildman–Crippen MR) is 95.3 cm³/mol. The number of benzene rings is 1. The van der Waals surface area contributed by atoms with Crippen molar-refractivity contribution in [3.63, 3.8) is 0 Å². The Morgan fingerprint density at radius 2 is 1.92 bits per heavy atom. The number of piperidine rings is 1. The minimum Gasteiger partial charge on any atom is -0.481 e. The van der Waals surface area contributed by atoms with Crippen LogP contribution < -0.4 is 5.32 Å². The zero-order valence-electron chi connectivity index (χ0n) is 15.2. The van der Waals surface area contributed by atoms with Crippen molar-refractivity contribution in [3.05, 3.63) is 35.9 Å². The minimum atomic E-state index is -0.790. The van der Waals surface area contributed by atoms with E-state index in [1.165, 1.54) is 0 Å². The number of hydrogen-bond donors (Lipinski definition) is 2. The van der Waals surface area contributed by atoms with E-state index in [1.807, 2.05) is 51.1 Å². The van der Waals surface area contributed by atoms with E-state index in [4.69, 9.17) is 4.74 Å². The number of alkyl carbamates (subject to hydrolysis) is 1. The molecule has 6 nitrogen and oxygen atoms in total. The second-order valence-corrected chi connectivity index (χ2v) is 7.59. The number of aliphatic carboxylic acids is 1. The zero-order chi connectivity index (χ0) is 18.4. The van der Waals surface area contributed by atoms with Gasteiger partial charge in [-0.25, -0.2) is 4.79 Å². The maximum atomic E-state index is 12.0. The van der Waals surface area contributed by atoms with Crippen LogP contribution in [0.4, 0.5) is 4.79 Å². The zero-order valence-corrected chi connectivity index (χ0v) is 15.2. The van der Waals surface area contributed by atoms with Crippen LogP contribution in [-0.2, 0) is 16.1 Å². The summed E-state index contributed by atoms with van der Waals surface area (Å²) in [7, 11) is 0. The van der Waals surface area contributed by atoms with E-state index in [2.05, 4.69) is 10.2 Å². The smallest absolute Gasteiger partial charge is 0.407 e. The molecule has 2 atom stereocenters. The standard InChI is InChI=1S/C19H28N2O4/c1-19(2,3)25-18(24)20-15-9-10-16(11-17(22)23)21(13-15)12-14-7-5-4-6-8-14/h4-8,15-16H,9-13H2,1-3H3,(H,20,24)(H,22,23)/t15-,16-/m1/s1. The normalized spacial score (nSPS) is 21.6. The summed E-state index contributed by atoms with van der Waals surface area (Å²) in [4.78, 5) is 25.3. The highest BCUT2D eigenvalue weighted by Crippen LogP contribution is 2.23. The number of likely N-dealkylation sites (tertiary alicyclic amines) is 1. The highest BCUT2D eigenvalue weighted by molar-refractivity contribution is 5.68. The Labute approximate surface area is 149 Å². The SMILES string of the molecule is CC(C)(C)OC(=O)N[C@@H]1CC[C@H](CC(=O)O)N(Cc2ccccc2)C1. The summed E-state index contributed by atoms with van der Waals surface area (Å²) in [6.07, 6.45) is 1.18. The second-order valence-electron chi connectivity index (χ2n) is 7.59. The number of nitrogens with one attached hydrogen (secondary N) is 1. The quantitative estimate of drug-likeness (QED) is 0.855. The van der Waals surface area contributed by atoms with E-state index >= 15 is 0 Å². The van der Waals surface area contributed by atoms with Gasteiger partial charge >= 0.3 is 12.1 Å². The van der Waals surface area contributed by atoms with Gasteiger partial charge in [0.25, 0.3) is 0 Å². The van der Waals surface area contributed by atoms with E-state index in [0.29, 0.717) is 13.1 Å². The van der Waals surface area contributed by atoms with Crippen molar-refractivity contribution in [2.24, 2.45) is 0 Å². The Morgan fingerprint density at radius 3 is 2.52 bits per heavy atom. The Morgan fingerprint density at radius 1 is 1.24 bits per heavy atom. The van der Waals surface area contributed by atoms with E-state index in [1.54, 1.807) is 0 Å². The molecule has 1 aromatic rings. The summed E-state index contributed by atoms with van der Waals surface area (Å²) in [5.74, 6) is -0.790. The van der Waals surface area contributed by atoms with Crippen molar-refractivity contribution in [2.75, 3.05) is 6.54 Å². The maximum Gasteiger partial charge on any atom is 0.407 e. The molecule has 2 rings (SSSR count). The van der Waals surface area contributed by atoms with Gasteiger partial charge in [0.05, 0.1) is 6.42 Å². The summed E-state index contributed by atoms with van der Waals surface area (Å²) in [5, 5.41) is 12.1. The first-order valence-corrected chi connectivity index (χ1v) is 8.72. The van der Waals surface area contributed by atoms with Gasteiger partial charge in [0.1, 0.15) is 5.60 Å². The van der Waals surface area contributed by atoms with E-state index in [-0.39, 0.29) is 18.5 Å². The molecule has 0 aromatic heterocycles. The van der Waals surface area contributed by atoms with E-state index in [9.17, 15) is 14.7 Å². The lowest BCUT2D eigenvalue weighted by atomic mass is 9.95. The third-order valence-electron chi connectivity index (χ3n) is 4.18. The molecule has 1 aromatic carbocycles. The van der Waals surface area contributed by atoms with Crippen molar-refractivity contribution in [1.29, 1.82) is 0 Å². The predicted octanol–water partition coefficient (Wildman–Crippen LogP) is 3.02. The summed E-state index contributed by atoms with van der Waals surface area (Å²) in [6.45, 7) is 6.78. The molecule has 1 fully saturated rings. The molecule has 0 bridgehead atoms. The first-order valence-electron chi connectivity index (χ1n) is 8.72. The Bertz CT molecular complexity index is 583. The highest BCUT2D eigenvalue weighted by atomic mass is 16.6. The number of carboxylic acid groups (broad SMARTS) is 1. The number of carbonyl (C=O) groups is 2. The lowest BCUT2D eigenvalue weighted by Gasteiger charge is -2.39. The van der Waals surface area contributed by atoms with Crippen LogP contribution in [0.25, 0.3) is 0 Å². The minimum absolute atomic E-state index is 0.0191. The van der Waals surface area contributed by atoms with Gasteiger partial charge in [0.2, 0.25) is 0 Å². The first-order chi connectivity index (χ1) is 11.7. The Balaban J connectivity index is 2.00. The molecule has 0 saturated carbocycles. The summed E-state index contributed by atoms with van der Waals surface area (Å²) in [5.41, 5.74) is 0.602. The van der Waals surface area contributed by atoms with Crippen molar-refractivity contribution in [3.8, 4) is 0 Å². The summed E-state index contributed by atoms with van der Waals surface area (Å²) in [6, 6.07) is 9.91. The van der Waals surface area contributed by atoms with Crippen molar-refractivity contribution in [1.82, 2.24) is 10.2 Å². The second kappa shape index (κ2) is 8.34. The maximum absolute atomic E-state index is 12.0. The van der Waals surface area contributed by atoms with Gasteiger partial charge in [-0.3, -0.25) is 9.69 Å². The van der Waals surface area contributed by atoms with Gasteiger partial charge in [0.15, 0.2) is 0 Å². The number of hydrogen-bond acceptors (Lipinski definition) is 4. The highest BCUT2D eigenvalue weighted by Gasteiger charge is 2.31. The third-order valence-corrected chi connectivity index (χ3v) is 4.18. The number of ether oxygens (including phenoxy) is 1. The van der Waals surface area contributed by atoms with Crippen molar-refractivity contribution < 1.29 is 19.4 Å². The lowest BCUT2D eigenvalue weighted by molar-refractivity contribution is -0.139. The topological polar surface area (TPSA) is 78.9 Å². The molecular weight excluding hydrogens is 320 g/mol. The van der Waals surface area contributed by atoms with Gasteiger partial charge in [-0.2, -0.15) is 0 Å². The number of amides is 1. The fourth-order valence-corrected chi connectivity index (χ4v) is 3.14. The van der Waals surface area contributed by atoms with Gasteiger partial charge in [0, 0.05) is 25.2 Å². The molecule has 1 saturated heterocycles. The average Bonchev–Trinajstić information content (AvgIpc) is 2.48. The molecule has 0 aliphatic carbocycles. The van der Waals surface area contributed by atoms with Gasteiger partial charge in [-0.15, -0.1) is 0 Å². The summed E-state index contributed by atoms with van der Waals surface area (Å²) >= 11 is 0. The lowest BCUT2D eigenvalue weighted by Crippen LogP contribution is -2.52. The van der Waals surface area contributed by atoms with Crippen LogP contribution in [0.1, 0.15) is 45.6 Å². The average molecular weight is 348 g/mol. The largest absolute Gasteiger partial charge is 0.481 e. The molecule has 0 unspecified atom stereocenters. The van der Waals surface area contributed by atoms with Gasteiger partial charge in [-0.1, -0.05) is 30.3 Å². The monoisotopic (exact) mass is 348 g/mol. The molecular formula is C19H28N2O4. The molecule has 1 aliphatic rings. The molecule has 2 N–H and O–H groups in total. The van der Waals surface area contributed by atoms with E-state index in [0.717, 1.165) is 18.4 Å². The number of carboxylic acids is 1. The van der Waals surface area contributed by atoms with Crippen LogP contribution in [-0.4, -0.2) is 46.3 Å². The van der Waals surface area contributed by atoms with Gasteiger partial charge in [-0.05, 0) is 39.2 Å². The molecule has 0 spiro atoms. The number of nitrogens with zero attached hydrogens (tertiary/aromatic N) is 1. The van der Waals surface area contributed by atoms with Crippen LogP contribution in [0, 0.1) is 0 Å². The molecule has 25 heavy (non-hydrogen) atoms. The summed E-state index contributed by atoms with van der Waals surface area (Å²) < 4.78 is 5.32. The molecule has 1 heterocycles. The van der Waals surface area contributed by atoms with Crippen LogP contribution in [0.5, 0.6) is 0 Å². The van der Waals surface area contributed by atoms with E-state index < -0.39 is 17.7 Å². The van der Waals surface area contributed by atoms with Crippen LogP contribution in [0.2, 0.25) is 0 Å². The first kappa shape index (κ1) is 19.2. The van der Waals surface area contributed by atoms with Crippen molar-refractivity contribution >= 4 is 12.1 Å². The molecule has 1 aliphatic heterocycles. The van der Waals surface area contributed by atoms with Crippen LogP contribution in [0.15, 0.2) is 30.3 Å². The number of rotatable bonds is 5. The third kappa shape index (κ3) is 6.74. The molecule has 6 heteroatoms. The fraction of sp³-hybridized carbons (Fsp3) is 0.579. The fourth-order valence-electron chi connectivity index (χ4n) is 3.14. The molecule has 1 amide bonds. The Kier molecular flexibility index (Phi) is 6.42. The van der Waals surface area contributed by atoms with Crippen LogP contribution >= 0.6 is 0 Å². The van der Waals surface area contributed by atoms with Crippen molar-refractivity contribution in [2.45, 2.75) is 64.3 Å². The van der Waals surface area contributed by atoms with Gasteiger partial charge < -0.3 is 15.2 Å². The number of carbonyl (C=O) groups excluding carboxylic acids is 1. The van der Waals surface area contributed by atoms with Crippen LogP contribution in [0.3, 0.4) is 0 Å².